The number of ether oxygens (including phenoxy) is 3. The second-order valence-electron chi connectivity index (χ2n) is 10.4. The van der Waals surface area contributed by atoms with Crippen molar-refractivity contribution in [1.82, 2.24) is 0 Å². The molecule has 0 N–H and O–H groups in total. The fourth-order valence-corrected chi connectivity index (χ4v) is 5.49. The molecule has 0 radical (unpaired) electrons. The van der Waals surface area contributed by atoms with Gasteiger partial charge in [-0.25, -0.2) is 14.7 Å². The molecule has 4 atom stereocenters. The van der Waals surface area contributed by atoms with Crippen molar-refractivity contribution in [2.24, 2.45) is 0 Å². The van der Waals surface area contributed by atoms with Gasteiger partial charge in [-0.2, -0.15) is 4.89 Å². The smallest absolute Gasteiger partial charge is 0.206 e. The van der Waals surface area contributed by atoms with E-state index in [2.05, 4.69) is 19.9 Å². The molecule has 2 spiro atoms. The van der Waals surface area contributed by atoms with Crippen LogP contribution in [0.3, 0.4) is 0 Å². The first-order valence-corrected chi connectivity index (χ1v) is 11.7. The maximum atomic E-state index is 12.0. The molecule has 3 aliphatic carbocycles. The Balaban J connectivity index is 0.000000136. The molecule has 0 amide bonds. The van der Waals surface area contributed by atoms with Crippen molar-refractivity contribution in [3.05, 3.63) is 23.3 Å². The Morgan fingerprint density at radius 1 is 0.875 bits per heavy atom. The molecule has 32 heavy (non-hydrogen) atoms. The van der Waals surface area contributed by atoms with Crippen molar-refractivity contribution in [3.63, 3.8) is 0 Å². The number of Topliss-reactive ketones (excluding diaryl/α,β-unsaturated/α-hetero) is 1. The Morgan fingerprint density at radius 3 is 2.25 bits per heavy atom. The topological polar surface area (TPSA) is 81.7 Å². The minimum atomic E-state index is -0.809. The van der Waals surface area contributed by atoms with Gasteiger partial charge in [-0.1, -0.05) is 11.6 Å². The van der Waals surface area contributed by atoms with E-state index in [0.717, 1.165) is 19.3 Å². The minimum Gasteiger partial charge on any atom is -0.381 e. The van der Waals surface area contributed by atoms with Gasteiger partial charge in [-0.15, -0.1) is 0 Å². The summed E-state index contributed by atoms with van der Waals surface area (Å²) in [6, 6.07) is 0. The van der Waals surface area contributed by atoms with Crippen molar-refractivity contribution < 1.29 is 38.6 Å². The highest BCUT2D eigenvalue weighted by atomic mass is 17.3. The summed E-state index contributed by atoms with van der Waals surface area (Å²) in [4.78, 5) is 34.0. The van der Waals surface area contributed by atoms with Crippen LogP contribution in [0.15, 0.2) is 23.3 Å². The number of carbonyl (C=O) groups is 1. The molecule has 178 valence electrons. The number of hydrogen-bond donors (Lipinski definition) is 0. The van der Waals surface area contributed by atoms with Gasteiger partial charge in [0.25, 0.3) is 0 Å². The Morgan fingerprint density at radius 2 is 1.53 bits per heavy atom. The molecular formula is C24H34O8. The van der Waals surface area contributed by atoms with Crippen LogP contribution in [0.4, 0.5) is 0 Å². The largest absolute Gasteiger partial charge is 0.381 e. The van der Waals surface area contributed by atoms with E-state index in [4.69, 9.17) is 33.8 Å². The third-order valence-electron chi connectivity index (χ3n) is 7.37. The highest BCUT2D eigenvalue weighted by Gasteiger charge is 2.56. The SMILES string of the molecule is CC1=C[C@H]2OC3(CCCC3)OO[C@@]2(C)C1.CC1=C[C@]2(C)OOC3(CCOCC3)O[C@@H]2C1=O. The second-order valence-corrected chi connectivity index (χ2v) is 10.4. The van der Waals surface area contributed by atoms with Crippen molar-refractivity contribution in [2.45, 2.75) is 108 Å². The van der Waals surface area contributed by atoms with Crippen LogP contribution >= 0.6 is 0 Å². The van der Waals surface area contributed by atoms with Gasteiger partial charge < -0.3 is 14.2 Å². The lowest BCUT2D eigenvalue weighted by atomic mass is 9.99. The number of fused-ring (bicyclic) bond motifs is 2. The van der Waals surface area contributed by atoms with E-state index in [0.29, 0.717) is 31.6 Å². The fraction of sp³-hybridized carbons (Fsp3) is 0.792. The first kappa shape index (κ1) is 22.7. The lowest BCUT2D eigenvalue weighted by Crippen LogP contribution is -2.58. The molecule has 8 nitrogen and oxygen atoms in total. The molecule has 8 heteroatoms. The van der Waals surface area contributed by atoms with Crippen LogP contribution in [0.25, 0.3) is 0 Å². The van der Waals surface area contributed by atoms with E-state index in [1.165, 1.54) is 18.4 Å². The van der Waals surface area contributed by atoms with Gasteiger partial charge in [-0.05, 0) is 52.2 Å². The lowest BCUT2D eigenvalue weighted by Gasteiger charge is -2.45. The maximum absolute atomic E-state index is 12.0. The second kappa shape index (κ2) is 7.98. The molecule has 0 aromatic rings. The molecule has 6 aliphatic rings. The molecule has 3 saturated heterocycles. The molecule has 6 rings (SSSR count). The molecule has 1 saturated carbocycles. The molecular weight excluding hydrogens is 416 g/mol. The van der Waals surface area contributed by atoms with Crippen molar-refractivity contribution in [2.75, 3.05) is 13.2 Å². The molecule has 0 unspecified atom stereocenters. The number of hydrogen-bond acceptors (Lipinski definition) is 8. The standard InChI is InChI=1S/C12H16O5.C12H18O3/c1-8-7-11(2)10(9(8)13)15-12(17-16-11)3-5-14-6-4-12;1-9-7-10-11(2,8-9)14-15-12(13-10)5-3-4-6-12/h7,10H,3-6H2,1-2H3;7,10H,3-6,8H2,1-2H3/t2*10-,11+/m11/s1. The summed E-state index contributed by atoms with van der Waals surface area (Å²) in [5.74, 6) is -1.26. The van der Waals surface area contributed by atoms with E-state index in [-0.39, 0.29) is 17.5 Å². The van der Waals surface area contributed by atoms with E-state index in [1.807, 2.05) is 0 Å². The monoisotopic (exact) mass is 450 g/mol. The minimum absolute atomic E-state index is 0.0123. The highest BCUT2D eigenvalue weighted by molar-refractivity contribution is 6.02. The average Bonchev–Trinajstić information content (AvgIpc) is 3.40. The zero-order chi connectivity index (χ0) is 22.6. The molecule has 0 aromatic heterocycles. The fourth-order valence-electron chi connectivity index (χ4n) is 5.49. The Kier molecular flexibility index (Phi) is 5.65. The van der Waals surface area contributed by atoms with Crippen LogP contribution in [0.2, 0.25) is 0 Å². The molecule has 0 bridgehead atoms. The van der Waals surface area contributed by atoms with Crippen molar-refractivity contribution >= 4 is 5.78 Å². The van der Waals surface area contributed by atoms with E-state index >= 15 is 0 Å². The number of rotatable bonds is 0. The summed E-state index contributed by atoms with van der Waals surface area (Å²) < 4.78 is 17.3. The summed E-state index contributed by atoms with van der Waals surface area (Å²) in [6.45, 7) is 8.89. The molecule has 0 aromatic carbocycles. The van der Waals surface area contributed by atoms with Gasteiger partial charge in [0.1, 0.15) is 11.7 Å². The van der Waals surface area contributed by atoms with Crippen molar-refractivity contribution in [1.29, 1.82) is 0 Å². The average molecular weight is 451 g/mol. The lowest BCUT2D eigenvalue weighted by molar-refractivity contribution is -0.517. The highest BCUT2D eigenvalue weighted by Crippen LogP contribution is 2.47. The number of ketones is 1. The molecule has 3 aliphatic heterocycles. The zero-order valence-corrected chi connectivity index (χ0v) is 19.4. The van der Waals surface area contributed by atoms with Crippen LogP contribution in [0.1, 0.15) is 72.6 Å². The normalized spacial score (nSPS) is 41.6. The van der Waals surface area contributed by atoms with Gasteiger partial charge in [0.15, 0.2) is 17.5 Å². The first-order valence-electron chi connectivity index (χ1n) is 11.7. The Labute approximate surface area is 189 Å². The summed E-state index contributed by atoms with van der Waals surface area (Å²) in [7, 11) is 0. The third kappa shape index (κ3) is 3.90. The first-order chi connectivity index (χ1) is 15.2. The van der Waals surface area contributed by atoms with Gasteiger partial charge >= 0.3 is 0 Å². The van der Waals surface area contributed by atoms with Gasteiger partial charge in [0, 0.05) is 32.1 Å². The van der Waals surface area contributed by atoms with E-state index in [1.54, 1.807) is 19.9 Å². The summed E-state index contributed by atoms with van der Waals surface area (Å²) >= 11 is 0. The zero-order valence-electron chi connectivity index (χ0n) is 19.4. The predicted octanol–water partition coefficient (Wildman–Crippen LogP) is 3.84. The predicted molar refractivity (Wildman–Crippen MR) is 112 cm³/mol. The quantitative estimate of drug-likeness (QED) is 0.407. The van der Waals surface area contributed by atoms with Crippen LogP contribution < -0.4 is 0 Å². The van der Waals surface area contributed by atoms with Crippen LogP contribution in [0, 0.1) is 0 Å². The van der Waals surface area contributed by atoms with Gasteiger partial charge in [0.05, 0.1) is 13.2 Å². The summed E-state index contributed by atoms with van der Waals surface area (Å²) in [5.41, 5.74) is 0.925. The van der Waals surface area contributed by atoms with Crippen LogP contribution in [-0.2, 0) is 38.6 Å². The van der Waals surface area contributed by atoms with Gasteiger partial charge in [0.2, 0.25) is 11.6 Å². The summed E-state index contributed by atoms with van der Waals surface area (Å²) in [6.07, 6.45) is 9.81. The molecule has 4 fully saturated rings. The number of carbonyl (C=O) groups excluding carboxylic acids is 1. The van der Waals surface area contributed by atoms with E-state index < -0.39 is 23.3 Å². The van der Waals surface area contributed by atoms with Gasteiger partial charge in [-0.3, -0.25) is 4.79 Å². The Hall–Kier alpha value is -1.13. The Bertz CT molecular complexity index is 822. The van der Waals surface area contributed by atoms with E-state index in [9.17, 15) is 4.79 Å². The van der Waals surface area contributed by atoms with Crippen molar-refractivity contribution in [3.8, 4) is 0 Å². The third-order valence-corrected chi connectivity index (χ3v) is 7.37. The molecule has 3 heterocycles. The summed E-state index contributed by atoms with van der Waals surface area (Å²) in [5, 5.41) is 0. The van der Waals surface area contributed by atoms with Crippen LogP contribution in [-0.4, -0.2) is 54.0 Å². The van der Waals surface area contributed by atoms with Crippen LogP contribution in [0.5, 0.6) is 0 Å². The maximum Gasteiger partial charge on any atom is 0.206 e.